The van der Waals surface area contributed by atoms with Crippen molar-refractivity contribution in [3.8, 4) is 0 Å². The summed E-state index contributed by atoms with van der Waals surface area (Å²) in [5.41, 5.74) is 0. The van der Waals surface area contributed by atoms with E-state index in [0.29, 0.717) is 25.4 Å². The third kappa shape index (κ3) is 6.80. The highest BCUT2D eigenvalue weighted by molar-refractivity contribution is 14.0. The molecule has 164 valence electrons. The topological polar surface area (TPSA) is 90.1 Å². The Kier molecular flexibility index (Phi) is 9.60. The van der Waals surface area contributed by atoms with Gasteiger partial charge in [-0.15, -0.1) is 24.0 Å². The molecule has 2 fully saturated rings. The molecule has 0 radical (unpaired) electrons. The molecule has 3 heterocycles. The maximum absolute atomic E-state index is 12.3. The van der Waals surface area contributed by atoms with Crippen molar-refractivity contribution < 1.29 is 9.32 Å². The molecule has 0 aromatic carbocycles. The van der Waals surface area contributed by atoms with Crippen LogP contribution in [0.4, 0.5) is 0 Å². The van der Waals surface area contributed by atoms with E-state index in [0.717, 1.165) is 63.9 Å². The van der Waals surface area contributed by atoms with Crippen molar-refractivity contribution in [2.24, 2.45) is 4.99 Å². The van der Waals surface area contributed by atoms with E-state index >= 15 is 0 Å². The highest BCUT2D eigenvalue weighted by atomic mass is 127. The van der Waals surface area contributed by atoms with Gasteiger partial charge in [-0.3, -0.25) is 14.7 Å². The number of rotatable bonds is 6. The summed E-state index contributed by atoms with van der Waals surface area (Å²) in [6.07, 6.45) is 2.96. The predicted octanol–water partition coefficient (Wildman–Crippen LogP) is 1.17. The van der Waals surface area contributed by atoms with Gasteiger partial charge < -0.3 is 19.6 Å². The van der Waals surface area contributed by atoms with Crippen LogP contribution in [-0.4, -0.2) is 96.1 Å². The van der Waals surface area contributed by atoms with Crippen LogP contribution >= 0.6 is 24.0 Å². The van der Waals surface area contributed by atoms with Crippen molar-refractivity contribution in [1.29, 1.82) is 0 Å². The normalized spacial score (nSPS) is 18.3. The van der Waals surface area contributed by atoms with Gasteiger partial charge in [0, 0.05) is 65.2 Å². The van der Waals surface area contributed by atoms with Crippen molar-refractivity contribution >= 4 is 35.8 Å². The number of nitrogens with one attached hydrogen (secondary N) is 1. The first kappa shape index (κ1) is 23.8. The number of likely N-dealkylation sites (tertiary alicyclic amines) is 1. The Morgan fingerprint density at radius 2 is 1.83 bits per heavy atom. The molecule has 1 amide bonds. The van der Waals surface area contributed by atoms with E-state index in [4.69, 9.17) is 4.52 Å². The summed E-state index contributed by atoms with van der Waals surface area (Å²) in [5, 5.41) is 7.37. The Morgan fingerprint density at radius 3 is 2.41 bits per heavy atom. The summed E-state index contributed by atoms with van der Waals surface area (Å²) >= 11 is 0. The number of guanidine groups is 1. The van der Waals surface area contributed by atoms with Gasteiger partial charge in [-0.2, -0.15) is 4.98 Å². The van der Waals surface area contributed by atoms with Crippen molar-refractivity contribution in [2.75, 3.05) is 59.4 Å². The zero-order valence-electron chi connectivity index (χ0n) is 17.8. The van der Waals surface area contributed by atoms with Crippen LogP contribution < -0.4 is 5.32 Å². The molecule has 10 heteroatoms. The third-order valence-corrected chi connectivity index (χ3v) is 5.32. The molecule has 1 aromatic heterocycles. The SMILES string of the molecule is CN=C(NCCc1nc(C(C)C)no1)N1CCN(CC(=O)N2CCCC2)CC1.I. The Balaban J connectivity index is 0.00000300. The number of aromatic nitrogens is 2. The minimum Gasteiger partial charge on any atom is -0.356 e. The largest absolute Gasteiger partial charge is 0.356 e. The molecule has 2 saturated heterocycles. The Morgan fingerprint density at radius 1 is 1.14 bits per heavy atom. The fraction of sp³-hybridized carbons (Fsp3) is 0.789. The number of piperazine rings is 1. The van der Waals surface area contributed by atoms with Crippen LogP contribution in [0.15, 0.2) is 9.52 Å². The lowest BCUT2D eigenvalue weighted by Crippen LogP contribution is -2.54. The average molecular weight is 519 g/mol. The molecule has 0 aliphatic carbocycles. The summed E-state index contributed by atoms with van der Waals surface area (Å²) in [6, 6.07) is 0. The number of nitrogens with zero attached hydrogens (tertiary/aromatic N) is 6. The molecule has 3 rings (SSSR count). The van der Waals surface area contributed by atoms with Gasteiger partial charge in [-0.1, -0.05) is 19.0 Å². The van der Waals surface area contributed by atoms with Crippen LogP contribution in [0.2, 0.25) is 0 Å². The molecule has 2 aliphatic heterocycles. The van der Waals surface area contributed by atoms with Gasteiger partial charge in [0.1, 0.15) is 0 Å². The van der Waals surface area contributed by atoms with Gasteiger partial charge >= 0.3 is 0 Å². The smallest absolute Gasteiger partial charge is 0.236 e. The molecule has 2 aliphatic rings. The first-order chi connectivity index (χ1) is 13.6. The second kappa shape index (κ2) is 11.7. The maximum atomic E-state index is 12.3. The fourth-order valence-electron chi connectivity index (χ4n) is 3.59. The number of aliphatic imine (C=N–C) groups is 1. The van der Waals surface area contributed by atoms with Gasteiger partial charge in [0.25, 0.3) is 0 Å². The molecule has 29 heavy (non-hydrogen) atoms. The first-order valence-electron chi connectivity index (χ1n) is 10.3. The lowest BCUT2D eigenvalue weighted by Gasteiger charge is -2.36. The quantitative estimate of drug-likeness (QED) is 0.343. The Labute approximate surface area is 190 Å². The van der Waals surface area contributed by atoms with Crippen LogP contribution in [0.25, 0.3) is 0 Å². The van der Waals surface area contributed by atoms with Gasteiger partial charge in [-0.25, -0.2) is 0 Å². The van der Waals surface area contributed by atoms with Crippen LogP contribution in [0, 0.1) is 0 Å². The summed E-state index contributed by atoms with van der Waals surface area (Å²) in [6.45, 7) is 10.7. The minimum atomic E-state index is 0. The number of hydrogen-bond acceptors (Lipinski definition) is 6. The average Bonchev–Trinajstić information content (AvgIpc) is 3.38. The van der Waals surface area contributed by atoms with E-state index in [1.54, 1.807) is 7.05 Å². The van der Waals surface area contributed by atoms with Crippen molar-refractivity contribution in [3.05, 3.63) is 11.7 Å². The fourth-order valence-corrected chi connectivity index (χ4v) is 3.59. The Hall–Kier alpha value is -1.43. The molecule has 1 N–H and O–H groups in total. The highest BCUT2D eigenvalue weighted by Gasteiger charge is 2.24. The predicted molar refractivity (Wildman–Crippen MR) is 123 cm³/mol. The summed E-state index contributed by atoms with van der Waals surface area (Å²) < 4.78 is 5.28. The van der Waals surface area contributed by atoms with Gasteiger partial charge in [0.15, 0.2) is 11.8 Å². The van der Waals surface area contributed by atoms with Crippen LogP contribution in [0.3, 0.4) is 0 Å². The van der Waals surface area contributed by atoms with E-state index in [9.17, 15) is 4.79 Å². The van der Waals surface area contributed by atoms with Gasteiger partial charge in [0.05, 0.1) is 6.54 Å². The summed E-state index contributed by atoms with van der Waals surface area (Å²) in [5.74, 6) is 2.82. The molecule has 0 spiro atoms. The minimum absolute atomic E-state index is 0. The molecule has 0 saturated carbocycles. The lowest BCUT2D eigenvalue weighted by atomic mass is 10.2. The maximum Gasteiger partial charge on any atom is 0.236 e. The highest BCUT2D eigenvalue weighted by Crippen LogP contribution is 2.11. The number of halogens is 1. The van der Waals surface area contributed by atoms with Crippen LogP contribution in [0.5, 0.6) is 0 Å². The molecule has 0 unspecified atom stereocenters. The number of carbonyl (C=O) groups is 1. The summed E-state index contributed by atoms with van der Waals surface area (Å²) in [7, 11) is 1.80. The van der Waals surface area contributed by atoms with E-state index in [-0.39, 0.29) is 35.8 Å². The zero-order chi connectivity index (χ0) is 19.9. The molecule has 0 bridgehead atoms. The van der Waals surface area contributed by atoms with Gasteiger partial charge in [-0.05, 0) is 12.8 Å². The molecular weight excluding hydrogens is 485 g/mol. The number of amides is 1. The molecule has 9 nitrogen and oxygen atoms in total. The van der Waals surface area contributed by atoms with Crippen LogP contribution in [0.1, 0.15) is 44.3 Å². The summed E-state index contributed by atoms with van der Waals surface area (Å²) in [4.78, 5) is 27.6. The van der Waals surface area contributed by atoms with E-state index in [1.807, 2.05) is 18.7 Å². The van der Waals surface area contributed by atoms with E-state index in [1.165, 1.54) is 0 Å². The van der Waals surface area contributed by atoms with Gasteiger partial charge in [0.2, 0.25) is 11.8 Å². The lowest BCUT2D eigenvalue weighted by molar-refractivity contribution is -0.131. The van der Waals surface area contributed by atoms with Crippen LogP contribution in [-0.2, 0) is 11.2 Å². The molecule has 0 atom stereocenters. The standard InChI is InChI=1S/C19H33N7O2.HI/c1-15(2)18-22-16(28-23-18)6-7-21-19(20-3)26-12-10-24(11-13-26)14-17(27)25-8-4-5-9-25;/h15H,4-14H2,1-3H3,(H,20,21);1H. The Bertz CT molecular complexity index is 665. The number of hydrogen-bond donors (Lipinski definition) is 1. The first-order valence-corrected chi connectivity index (χ1v) is 10.3. The zero-order valence-corrected chi connectivity index (χ0v) is 20.1. The number of carbonyl (C=O) groups excluding carboxylic acids is 1. The second-order valence-corrected chi connectivity index (χ2v) is 7.78. The van der Waals surface area contributed by atoms with Crippen molar-refractivity contribution in [1.82, 2.24) is 30.2 Å². The van der Waals surface area contributed by atoms with E-state index < -0.39 is 0 Å². The second-order valence-electron chi connectivity index (χ2n) is 7.78. The molecule has 1 aromatic rings. The van der Waals surface area contributed by atoms with Crippen molar-refractivity contribution in [3.63, 3.8) is 0 Å². The monoisotopic (exact) mass is 519 g/mol. The van der Waals surface area contributed by atoms with Crippen molar-refractivity contribution in [2.45, 2.75) is 39.0 Å². The third-order valence-electron chi connectivity index (χ3n) is 5.32. The van der Waals surface area contributed by atoms with E-state index in [2.05, 4.69) is 30.2 Å². The molecular formula is C19H34IN7O2.